The molecule has 6 heteroatoms. The molecule has 0 atom stereocenters. The van der Waals surface area contributed by atoms with Gasteiger partial charge in [0.25, 0.3) is 5.91 Å². The molecular formula is C18H22N2O3S. The van der Waals surface area contributed by atoms with Crippen LogP contribution >= 0.6 is 11.3 Å². The van der Waals surface area contributed by atoms with Crippen molar-refractivity contribution in [3.8, 4) is 5.75 Å². The molecule has 0 radical (unpaired) electrons. The van der Waals surface area contributed by atoms with Crippen molar-refractivity contribution in [2.75, 3.05) is 25.5 Å². The summed E-state index contributed by atoms with van der Waals surface area (Å²) < 4.78 is 5.21. The maximum absolute atomic E-state index is 12.7. The average molecular weight is 346 g/mol. The van der Waals surface area contributed by atoms with Gasteiger partial charge in [0.15, 0.2) is 0 Å². The number of ether oxygens (including phenoxy) is 1. The molecule has 1 heterocycles. The molecule has 1 N–H and O–H groups in total. The molecule has 24 heavy (non-hydrogen) atoms. The third-order valence-corrected chi connectivity index (χ3v) is 4.46. The summed E-state index contributed by atoms with van der Waals surface area (Å²) in [5, 5.41) is 4.68. The summed E-state index contributed by atoms with van der Waals surface area (Å²) in [4.78, 5) is 27.1. The van der Waals surface area contributed by atoms with Crippen LogP contribution in [-0.4, -0.2) is 36.9 Å². The lowest BCUT2D eigenvalue weighted by Crippen LogP contribution is -2.38. The molecule has 2 aromatic rings. The van der Waals surface area contributed by atoms with E-state index in [0.29, 0.717) is 17.2 Å². The minimum Gasteiger partial charge on any atom is -0.495 e. The average Bonchev–Trinajstić information content (AvgIpc) is 3.04. The minimum absolute atomic E-state index is 0.0159. The lowest BCUT2D eigenvalue weighted by Gasteiger charge is -2.21. The molecule has 0 aliphatic carbocycles. The SMILES string of the molecule is CCCN(CC(=O)Nc1ccccc1C)C(=O)c1sccc1OC. The van der Waals surface area contributed by atoms with E-state index in [1.54, 1.807) is 11.0 Å². The molecule has 0 fully saturated rings. The Balaban J connectivity index is 2.09. The Morgan fingerprint density at radius 1 is 1.25 bits per heavy atom. The van der Waals surface area contributed by atoms with Gasteiger partial charge in [-0.3, -0.25) is 9.59 Å². The number of para-hydroxylation sites is 1. The number of carbonyl (C=O) groups excluding carboxylic acids is 2. The van der Waals surface area contributed by atoms with E-state index in [9.17, 15) is 9.59 Å². The molecule has 0 aliphatic rings. The highest BCUT2D eigenvalue weighted by molar-refractivity contribution is 7.12. The number of carbonyl (C=O) groups is 2. The van der Waals surface area contributed by atoms with Crippen LogP contribution in [0.1, 0.15) is 28.6 Å². The van der Waals surface area contributed by atoms with Gasteiger partial charge in [0, 0.05) is 12.2 Å². The van der Waals surface area contributed by atoms with E-state index in [1.807, 2.05) is 43.5 Å². The zero-order chi connectivity index (χ0) is 17.5. The second kappa shape index (κ2) is 8.49. The molecule has 2 rings (SSSR count). The number of thiophene rings is 1. The van der Waals surface area contributed by atoms with Crippen molar-refractivity contribution in [1.82, 2.24) is 4.90 Å². The van der Waals surface area contributed by atoms with E-state index in [0.717, 1.165) is 17.7 Å². The van der Waals surface area contributed by atoms with Crippen LogP contribution in [0, 0.1) is 6.92 Å². The van der Waals surface area contributed by atoms with Crippen LogP contribution in [0.5, 0.6) is 5.75 Å². The molecule has 1 aromatic heterocycles. The van der Waals surface area contributed by atoms with E-state index < -0.39 is 0 Å². The number of benzene rings is 1. The monoisotopic (exact) mass is 346 g/mol. The molecular weight excluding hydrogens is 324 g/mol. The molecule has 128 valence electrons. The molecule has 2 amide bonds. The number of anilines is 1. The summed E-state index contributed by atoms with van der Waals surface area (Å²) >= 11 is 1.32. The van der Waals surface area contributed by atoms with Crippen LogP contribution in [-0.2, 0) is 4.79 Å². The Bertz CT molecular complexity index is 712. The predicted molar refractivity (Wildman–Crippen MR) is 96.9 cm³/mol. The number of methoxy groups -OCH3 is 1. The Morgan fingerprint density at radius 2 is 2.00 bits per heavy atom. The van der Waals surface area contributed by atoms with Gasteiger partial charge in [-0.15, -0.1) is 11.3 Å². The first kappa shape index (κ1) is 18.0. The molecule has 0 bridgehead atoms. The summed E-state index contributed by atoms with van der Waals surface area (Å²) in [7, 11) is 1.54. The van der Waals surface area contributed by atoms with Crippen LogP contribution in [0.4, 0.5) is 5.69 Å². The van der Waals surface area contributed by atoms with Crippen molar-refractivity contribution < 1.29 is 14.3 Å². The number of aryl methyl sites for hydroxylation is 1. The van der Waals surface area contributed by atoms with Gasteiger partial charge in [-0.1, -0.05) is 25.1 Å². The summed E-state index contributed by atoms with van der Waals surface area (Å²) in [5.41, 5.74) is 1.75. The molecule has 0 saturated carbocycles. The maximum Gasteiger partial charge on any atom is 0.268 e. The van der Waals surface area contributed by atoms with Gasteiger partial charge in [-0.05, 0) is 36.4 Å². The molecule has 0 saturated heterocycles. The van der Waals surface area contributed by atoms with E-state index in [2.05, 4.69) is 5.32 Å². The van der Waals surface area contributed by atoms with Crippen molar-refractivity contribution in [3.63, 3.8) is 0 Å². The number of amides is 2. The van der Waals surface area contributed by atoms with E-state index >= 15 is 0 Å². The quantitative estimate of drug-likeness (QED) is 0.834. The van der Waals surface area contributed by atoms with E-state index in [4.69, 9.17) is 4.74 Å². The largest absolute Gasteiger partial charge is 0.495 e. The van der Waals surface area contributed by atoms with Crippen LogP contribution in [0.3, 0.4) is 0 Å². The first-order chi connectivity index (χ1) is 11.6. The topological polar surface area (TPSA) is 58.6 Å². The summed E-state index contributed by atoms with van der Waals surface area (Å²) in [6.07, 6.45) is 0.775. The van der Waals surface area contributed by atoms with Crippen LogP contribution < -0.4 is 10.1 Å². The van der Waals surface area contributed by atoms with Gasteiger partial charge in [-0.2, -0.15) is 0 Å². The number of hydrogen-bond donors (Lipinski definition) is 1. The standard InChI is InChI=1S/C18H22N2O3S/c1-4-10-20(18(22)17-15(23-3)9-11-24-17)12-16(21)19-14-8-6-5-7-13(14)2/h5-9,11H,4,10,12H2,1-3H3,(H,19,21). The Labute approximate surface area is 146 Å². The summed E-state index contributed by atoms with van der Waals surface area (Å²) in [5.74, 6) is 0.163. The molecule has 0 spiro atoms. The lowest BCUT2D eigenvalue weighted by atomic mass is 10.2. The van der Waals surface area contributed by atoms with Crippen molar-refractivity contribution >= 4 is 28.8 Å². The maximum atomic E-state index is 12.7. The van der Waals surface area contributed by atoms with E-state index in [-0.39, 0.29) is 18.4 Å². The highest BCUT2D eigenvalue weighted by Crippen LogP contribution is 2.26. The number of rotatable bonds is 7. The Morgan fingerprint density at radius 3 is 2.67 bits per heavy atom. The normalized spacial score (nSPS) is 10.3. The first-order valence-electron chi connectivity index (χ1n) is 7.83. The summed E-state index contributed by atoms with van der Waals surface area (Å²) in [6, 6.07) is 9.33. The fourth-order valence-corrected chi connectivity index (χ4v) is 3.18. The van der Waals surface area contributed by atoms with Crippen LogP contribution in [0.15, 0.2) is 35.7 Å². The number of nitrogens with zero attached hydrogens (tertiary/aromatic N) is 1. The summed E-state index contributed by atoms with van der Waals surface area (Å²) in [6.45, 7) is 4.44. The second-order valence-electron chi connectivity index (χ2n) is 5.41. The molecule has 5 nitrogen and oxygen atoms in total. The number of hydrogen-bond acceptors (Lipinski definition) is 4. The highest BCUT2D eigenvalue weighted by atomic mass is 32.1. The predicted octanol–water partition coefficient (Wildman–Crippen LogP) is 3.56. The third-order valence-electron chi connectivity index (χ3n) is 3.58. The van der Waals surface area contributed by atoms with Crippen LogP contribution in [0.2, 0.25) is 0 Å². The van der Waals surface area contributed by atoms with Gasteiger partial charge >= 0.3 is 0 Å². The highest BCUT2D eigenvalue weighted by Gasteiger charge is 2.22. The number of nitrogens with one attached hydrogen (secondary N) is 1. The van der Waals surface area contributed by atoms with Crippen molar-refractivity contribution in [2.24, 2.45) is 0 Å². The Kier molecular flexibility index (Phi) is 6.37. The molecule has 0 aliphatic heterocycles. The van der Waals surface area contributed by atoms with Crippen molar-refractivity contribution in [2.45, 2.75) is 20.3 Å². The van der Waals surface area contributed by atoms with Crippen molar-refractivity contribution in [3.05, 3.63) is 46.2 Å². The third kappa shape index (κ3) is 4.35. The fraction of sp³-hybridized carbons (Fsp3) is 0.333. The van der Waals surface area contributed by atoms with Gasteiger partial charge in [0.1, 0.15) is 17.2 Å². The minimum atomic E-state index is -0.207. The van der Waals surface area contributed by atoms with Gasteiger partial charge in [0.05, 0.1) is 7.11 Å². The molecule has 1 aromatic carbocycles. The van der Waals surface area contributed by atoms with E-state index in [1.165, 1.54) is 18.4 Å². The van der Waals surface area contributed by atoms with Gasteiger partial charge < -0.3 is 15.0 Å². The molecule has 0 unspecified atom stereocenters. The van der Waals surface area contributed by atoms with Gasteiger partial charge in [0.2, 0.25) is 5.91 Å². The zero-order valence-electron chi connectivity index (χ0n) is 14.2. The van der Waals surface area contributed by atoms with Crippen molar-refractivity contribution in [1.29, 1.82) is 0 Å². The van der Waals surface area contributed by atoms with Gasteiger partial charge in [-0.25, -0.2) is 0 Å². The second-order valence-corrected chi connectivity index (χ2v) is 6.32. The van der Waals surface area contributed by atoms with Crippen LogP contribution in [0.25, 0.3) is 0 Å². The fourth-order valence-electron chi connectivity index (χ4n) is 2.36. The first-order valence-corrected chi connectivity index (χ1v) is 8.71. The zero-order valence-corrected chi connectivity index (χ0v) is 15.0. The Hall–Kier alpha value is -2.34. The smallest absolute Gasteiger partial charge is 0.268 e. The lowest BCUT2D eigenvalue weighted by molar-refractivity contribution is -0.116.